The van der Waals surface area contributed by atoms with Crippen molar-refractivity contribution in [2.75, 3.05) is 43.4 Å². The first kappa shape index (κ1) is 22.9. The molecule has 0 radical (unpaired) electrons. The number of nitrogens with two attached hydrogens (primary N) is 1. The lowest BCUT2D eigenvalue weighted by atomic mass is 9.93. The van der Waals surface area contributed by atoms with E-state index in [-0.39, 0.29) is 11.6 Å². The number of primary amides is 1. The predicted octanol–water partition coefficient (Wildman–Crippen LogP) is 2.76. The van der Waals surface area contributed by atoms with Gasteiger partial charge >= 0.3 is 5.69 Å². The van der Waals surface area contributed by atoms with E-state index < -0.39 is 5.91 Å². The molecule has 4 N–H and O–H groups in total. The summed E-state index contributed by atoms with van der Waals surface area (Å²) in [7, 11) is 1.89. The lowest BCUT2D eigenvalue weighted by Crippen LogP contribution is -2.46. The second kappa shape index (κ2) is 9.07. The molecule has 0 unspecified atom stereocenters. The van der Waals surface area contributed by atoms with Crippen LogP contribution in [0.3, 0.4) is 0 Å². The van der Waals surface area contributed by atoms with Crippen LogP contribution in [0.25, 0.3) is 16.6 Å². The van der Waals surface area contributed by atoms with Gasteiger partial charge in [0.1, 0.15) is 5.52 Å². The van der Waals surface area contributed by atoms with Crippen LogP contribution in [0.2, 0.25) is 0 Å². The van der Waals surface area contributed by atoms with Gasteiger partial charge in [0.05, 0.1) is 22.4 Å². The molecule has 1 aromatic carbocycles. The zero-order valence-electron chi connectivity index (χ0n) is 20.3. The molecule has 0 spiro atoms. The lowest BCUT2D eigenvalue weighted by Gasteiger charge is -2.37. The van der Waals surface area contributed by atoms with Crippen LogP contribution in [0.1, 0.15) is 41.3 Å². The summed E-state index contributed by atoms with van der Waals surface area (Å²) >= 11 is 0. The van der Waals surface area contributed by atoms with E-state index in [1.807, 2.05) is 43.6 Å². The Kier molecular flexibility index (Phi) is 5.94. The Hall–Kier alpha value is -3.85. The number of nitrogens with zero attached hydrogens (tertiary/aromatic N) is 4. The summed E-state index contributed by atoms with van der Waals surface area (Å²) in [6.07, 6.45) is 3.64. The van der Waals surface area contributed by atoms with E-state index in [0.717, 1.165) is 71.8 Å². The maximum Gasteiger partial charge on any atom is 0.330 e. The smallest absolute Gasteiger partial charge is 0.330 e. The number of carbonyl (C=O) groups excluding carboxylic acids is 1. The molecule has 0 atom stereocenters. The molecule has 0 aliphatic carbocycles. The largest absolute Gasteiger partial charge is 0.386 e. The first-order valence-corrected chi connectivity index (χ1v) is 12.0. The minimum absolute atomic E-state index is 0.159. The average Bonchev–Trinajstić information content (AvgIpc) is 3.34. The number of H-pyrrole nitrogens is 1. The quantitative estimate of drug-likeness (QED) is 0.397. The highest BCUT2D eigenvalue weighted by Crippen LogP contribution is 2.37. The van der Waals surface area contributed by atoms with Crippen LogP contribution >= 0.6 is 0 Å². The second-order valence-corrected chi connectivity index (χ2v) is 9.39. The van der Waals surface area contributed by atoms with Crippen molar-refractivity contribution in [1.82, 2.24) is 19.3 Å². The highest BCUT2D eigenvalue weighted by Gasteiger charge is 2.24. The maximum absolute atomic E-state index is 12.3. The Balaban J connectivity index is 1.33. The van der Waals surface area contributed by atoms with Crippen molar-refractivity contribution in [3.05, 3.63) is 69.9 Å². The molecule has 5 rings (SSSR count). The number of aromatic amines is 1. The summed E-state index contributed by atoms with van der Waals surface area (Å²) in [5.74, 6) is -0.231. The van der Waals surface area contributed by atoms with Gasteiger partial charge in [0.2, 0.25) is 5.91 Å². The molecule has 1 aliphatic heterocycles. The number of aromatic nitrogens is 3. The van der Waals surface area contributed by atoms with Crippen molar-refractivity contribution < 1.29 is 4.79 Å². The number of hydrogen-bond donors (Lipinski definition) is 3. The molecular formula is C26H31N7O2. The van der Waals surface area contributed by atoms with Gasteiger partial charge in [-0.1, -0.05) is 13.8 Å². The Bertz CT molecular complexity index is 1460. The van der Waals surface area contributed by atoms with Crippen molar-refractivity contribution in [3.8, 4) is 0 Å². The van der Waals surface area contributed by atoms with Gasteiger partial charge in [-0.2, -0.15) is 0 Å². The molecule has 4 aromatic rings. The SMILES string of the molecule is CNc1c(N2CCN(Cc3cnc4c(c3)[nH]c(=O)n3cccc43)CC2)ccc(C(N)=O)c1C(C)C. The number of pyridine rings is 1. The monoisotopic (exact) mass is 473 g/mol. The summed E-state index contributed by atoms with van der Waals surface area (Å²) in [6, 6.07) is 9.64. The molecule has 0 saturated carbocycles. The van der Waals surface area contributed by atoms with Gasteiger partial charge in [0, 0.05) is 57.7 Å². The summed E-state index contributed by atoms with van der Waals surface area (Å²) in [6.45, 7) is 8.44. The number of anilines is 2. The zero-order valence-corrected chi connectivity index (χ0v) is 20.3. The van der Waals surface area contributed by atoms with Crippen LogP contribution < -0.4 is 21.6 Å². The summed E-state index contributed by atoms with van der Waals surface area (Å²) in [5, 5.41) is 3.32. The molecule has 9 heteroatoms. The van der Waals surface area contributed by atoms with Crippen molar-refractivity contribution >= 4 is 33.8 Å². The second-order valence-electron chi connectivity index (χ2n) is 9.39. The molecule has 3 aromatic heterocycles. The number of amides is 1. The van der Waals surface area contributed by atoms with Gasteiger partial charge in [0.25, 0.3) is 0 Å². The maximum atomic E-state index is 12.3. The highest BCUT2D eigenvalue weighted by atomic mass is 16.1. The Morgan fingerprint density at radius 3 is 2.66 bits per heavy atom. The number of hydrogen-bond acceptors (Lipinski definition) is 6. The molecule has 1 amide bonds. The van der Waals surface area contributed by atoms with Crippen molar-refractivity contribution in [2.45, 2.75) is 26.3 Å². The van der Waals surface area contributed by atoms with Gasteiger partial charge in [-0.3, -0.25) is 19.1 Å². The fraction of sp³-hybridized carbons (Fsp3) is 0.346. The number of carbonyl (C=O) groups is 1. The predicted molar refractivity (Wildman–Crippen MR) is 139 cm³/mol. The van der Waals surface area contributed by atoms with E-state index in [1.54, 1.807) is 10.6 Å². The summed E-state index contributed by atoms with van der Waals surface area (Å²) in [4.78, 5) is 36.7. The number of fused-ring (bicyclic) bond motifs is 3. The molecule has 9 nitrogen and oxygen atoms in total. The van der Waals surface area contributed by atoms with E-state index >= 15 is 0 Å². The molecule has 1 saturated heterocycles. The van der Waals surface area contributed by atoms with Crippen molar-refractivity contribution in [2.24, 2.45) is 5.73 Å². The number of benzene rings is 1. The van der Waals surface area contributed by atoms with E-state index in [2.05, 4.69) is 38.9 Å². The molecule has 0 bridgehead atoms. The van der Waals surface area contributed by atoms with E-state index in [1.165, 1.54) is 0 Å². The van der Waals surface area contributed by atoms with E-state index in [0.29, 0.717) is 5.56 Å². The van der Waals surface area contributed by atoms with Gasteiger partial charge in [-0.25, -0.2) is 4.79 Å². The van der Waals surface area contributed by atoms with Gasteiger partial charge < -0.3 is 20.9 Å². The zero-order chi connectivity index (χ0) is 24.7. The molecule has 1 aliphatic rings. The van der Waals surface area contributed by atoms with Gasteiger partial charge in [0.15, 0.2) is 0 Å². The molecule has 182 valence electrons. The lowest BCUT2D eigenvalue weighted by molar-refractivity contribution is 0.0999. The van der Waals surface area contributed by atoms with Crippen LogP contribution in [0.4, 0.5) is 11.4 Å². The minimum Gasteiger partial charge on any atom is -0.386 e. The van der Waals surface area contributed by atoms with Crippen LogP contribution in [0.5, 0.6) is 0 Å². The molecule has 35 heavy (non-hydrogen) atoms. The van der Waals surface area contributed by atoms with Crippen LogP contribution in [-0.2, 0) is 6.54 Å². The standard InChI is InChI=1S/C26H31N7O2/c1-16(2)22-18(25(27)34)6-7-20(24(22)28-3)32-11-9-31(10-12-32)15-17-13-19-23(29-14-17)21-5-4-8-33(21)26(35)30-19/h4-8,13-14,16,28H,9-12,15H2,1-3H3,(H2,27,34)(H,30,35). The van der Waals surface area contributed by atoms with Gasteiger partial charge in [-0.05, 0) is 47.4 Å². The third kappa shape index (κ3) is 4.12. The number of nitrogens with one attached hydrogen (secondary N) is 2. The highest BCUT2D eigenvalue weighted by molar-refractivity contribution is 5.98. The Morgan fingerprint density at radius 2 is 1.97 bits per heavy atom. The molecule has 1 fully saturated rings. The Morgan fingerprint density at radius 1 is 1.20 bits per heavy atom. The summed E-state index contributed by atoms with van der Waals surface area (Å²) < 4.78 is 1.58. The molecule has 4 heterocycles. The van der Waals surface area contributed by atoms with Crippen molar-refractivity contribution in [3.63, 3.8) is 0 Å². The van der Waals surface area contributed by atoms with Crippen LogP contribution in [-0.4, -0.2) is 58.4 Å². The van der Waals surface area contributed by atoms with E-state index in [9.17, 15) is 9.59 Å². The summed E-state index contributed by atoms with van der Waals surface area (Å²) in [5.41, 5.74) is 12.5. The number of rotatable bonds is 6. The fourth-order valence-corrected chi connectivity index (χ4v) is 5.17. The minimum atomic E-state index is -0.399. The third-order valence-electron chi connectivity index (χ3n) is 6.83. The topological polar surface area (TPSA) is 112 Å². The van der Waals surface area contributed by atoms with Gasteiger partial charge in [-0.15, -0.1) is 0 Å². The Labute approximate surface area is 203 Å². The number of piperazine rings is 1. The van der Waals surface area contributed by atoms with Crippen LogP contribution in [0, 0.1) is 0 Å². The third-order valence-corrected chi connectivity index (χ3v) is 6.83. The van der Waals surface area contributed by atoms with Crippen LogP contribution in [0.15, 0.2) is 47.5 Å². The normalized spacial score (nSPS) is 14.8. The van der Waals surface area contributed by atoms with Crippen molar-refractivity contribution in [1.29, 1.82) is 0 Å². The average molecular weight is 474 g/mol. The molecular weight excluding hydrogens is 442 g/mol. The fourth-order valence-electron chi connectivity index (χ4n) is 5.17. The first-order chi connectivity index (χ1) is 16.9. The first-order valence-electron chi connectivity index (χ1n) is 12.0. The van der Waals surface area contributed by atoms with E-state index in [4.69, 9.17) is 5.73 Å².